The van der Waals surface area contributed by atoms with Gasteiger partial charge in [-0.25, -0.2) is 0 Å². The topological polar surface area (TPSA) is 32.8 Å². The summed E-state index contributed by atoms with van der Waals surface area (Å²) in [6, 6.07) is 54.3. The molecular weight excluding hydrogens is 848 g/mol. The van der Waals surface area contributed by atoms with Crippen molar-refractivity contribution in [2.24, 2.45) is 0 Å². The molecule has 0 saturated carbocycles. The number of nitrogens with zero attached hydrogens (tertiary/aromatic N) is 2. The average molecular weight is 905 g/mol. The van der Waals surface area contributed by atoms with Crippen LogP contribution in [0.1, 0.15) is 90.1 Å². The van der Waals surface area contributed by atoms with Gasteiger partial charge in [0, 0.05) is 48.7 Å². The number of furan rings is 2. The lowest BCUT2D eigenvalue weighted by molar-refractivity contribution is 0.589. The summed E-state index contributed by atoms with van der Waals surface area (Å²) in [7, 11) is 0. The van der Waals surface area contributed by atoms with Crippen molar-refractivity contribution in [2.75, 3.05) is 9.80 Å². The van der Waals surface area contributed by atoms with Crippen LogP contribution in [0.5, 0.6) is 0 Å². The molecule has 0 N–H and O–H groups in total. The van der Waals surface area contributed by atoms with Crippen LogP contribution in [0.25, 0.3) is 53.8 Å². The monoisotopic (exact) mass is 904 g/mol. The van der Waals surface area contributed by atoms with Crippen LogP contribution < -0.4 is 26.4 Å². The maximum absolute atomic E-state index is 7.43. The number of rotatable bonds is 4. The lowest BCUT2D eigenvalue weighted by atomic mass is 9.35. The highest BCUT2D eigenvalue weighted by Crippen LogP contribution is 2.51. The van der Waals surface area contributed by atoms with E-state index >= 15 is 0 Å². The second-order valence-corrected chi connectivity index (χ2v) is 23.5. The van der Waals surface area contributed by atoms with Crippen LogP contribution in [0.15, 0.2) is 154 Å². The molecule has 0 bridgehead atoms. The highest BCUT2D eigenvalue weighted by atomic mass is 32.1. The number of aryl methyl sites for hydroxylation is 2. The van der Waals surface area contributed by atoms with E-state index in [0.717, 1.165) is 56.0 Å². The van der Waals surface area contributed by atoms with Crippen molar-refractivity contribution in [2.45, 2.75) is 92.4 Å². The number of fused-ring (bicyclic) bond motifs is 8. The Bertz CT molecular complexity index is 3590. The van der Waals surface area contributed by atoms with Gasteiger partial charge in [0.05, 0.1) is 17.0 Å². The first-order valence-electron chi connectivity index (χ1n) is 24.1. The predicted molar refractivity (Wildman–Crippen MR) is 292 cm³/mol. The van der Waals surface area contributed by atoms with E-state index in [1.54, 1.807) is 0 Å². The lowest BCUT2D eigenvalue weighted by Crippen LogP contribution is -2.61. The Labute approximate surface area is 404 Å². The molecule has 6 heteroatoms. The maximum atomic E-state index is 7.43. The SMILES string of the molecule is Cc1cc(C(C)(C)C)cc(C)c1N1c2cc(C(C)(C)C)cc3c2B(c2cc(-c4cc5ccccc5s4)ccc2N3c2ccc(-c3cc4ccccc4o3)cc2)c2oc3ccc(C(C)(C)C)cc3c21. The Morgan fingerprint density at radius 1 is 0.485 bits per heavy atom. The van der Waals surface area contributed by atoms with Crippen LogP contribution in [0.2, 0.25) is 0 Å². The van der Waals surface area contributed by atoms with Crippen molar-refractivity contribution < 1.29 is 8.83 Å². The Morgan fingerprint density at radius 2 is 1.12 bits per heavy atom. The average Bonchev–Trinajstić information content (AvgIpc) is 4.04. The van der Waals surface area contributed by atoms with Gasteiger partial charge in [-0.15, -0.1) is 11.3 Å². The summed E-state index contributed by atoms with van der Waals surface area (Å²) in [6.07, 6.45) is 0. The fraction of sp³-hybridized carbons (Fsp3) is 0.226. The fourth-order valence-electron chi connectivity index (χ4n) is 10.8. The van der Waals surface area contributed by atoms with Gasteiger partial charge < -0.3 is 18.6 Å². The van der Waals surface area contributed by atoms with E-state index in [4.69, 9.17) is 8.83 Å². The molecule has 0 amide bonds. The Morgan fingerprint density at radius 3 is 1.79 bits per heavy atom. The molecule has 0 unspecified atom stereocenters. The van der Waals surface area contributed by atoms with Crippen molar-refractivity contribution in [3.8, 4) is 21.8 Å². The van der Waals surface area contributed by atoms with Crippen LogP contribution in [0.3, 0.4) is 0 Å². The van der Waals surface area contributed by atoms with Crippen molar-refractivity contribution in [3.63, 3.8) is 0 Å². The summed E-state index contributed by atoms with van der Waals surface area (Å²) in [5.74, 6) is 0.864. The van der Waals surface area contributed by atoms with Gasteiger partial charge in [0.1, 0.15) is 16.9 Å². The van der Waals surface area contributed by atoms with E-state index in [2.05, 4.69) is 219 Å². The van der Waals surface area contributed by atoms with E-state index in [9.17, 15) is 0 Å². The lowest BCUT2D eigenvalue weighted by Gasteiger charge is -2.44. The third kappa shape index (κ3) is 6.70. The molecule has 4 nitrogen and oxygen atoms in total. The zero-order valence-electron chi connectivity index (χ0n) is 41.1. The third-order valence-corrected chi connectivity index (χ3v) is 15.7. The molecule has 0 saturated heterocycles. The minimum Gasteiger partial charge on any atom is -0.468 e. The van der Waals surface area contributed by atoms with Crippen LogP contribution in [0.4, 0.5) is 34.1 Å². The van der Waals surface area contributed by atoms with Crippen LogP contribution in [-0.4, -0.2) is 6.71 Å². The summed E-state index contributed by atoms with van der Waals surface area (Å²) in [4.78, 5) is 6.37. The zero-order chi connectivity index (χ0) is 47.2. The second kappa shape index (κ2) is 14.9. The molecule has 0 aliphatic carbocycles. The number of hydrogen-bond acceptors (Lipinski definition) is 5. The van der Waals surface area contributed by atoms with Crippen LogP contribution in [-0.2, 0) is 16.2 Å². The normalized spacial score (nSPS) is 13.7. The summed E-state index contributed by atoms with van der Waals surface area (Å²) in [6.45, 7) is 25.3. The first-order valence-corrected chi connectivity index (χ1v) is 24.9. The molecule has 2 aliphatic heterocycles. The van der Waals surface area contributed by atoms with E-state index in [1.165, 1.54) is 76.3 Å². The van der Waals surface area contributed by atoms with Crippen molar-refractivity contribution in [1.29, 1.82) is 0 Å². The standard InChI is InChI=1S/C62H57BN2O2S/c1-36-28-43(61(6,7)8)29-37(2)57(36)65-50-35-44(62(9,10)11)34-49-56(50)63(59-58(65)46-33-42(60(3,4)5)23-27-52(46)67-59)47-30-41(55-32-40-17-13-15-19-54(40)68-55)22-26-48(47)64(49)45-24-20-38(21-25-45)53-31-39-16-12-14-18-51(39)66-53/h12-35H,1-11H3. The quantitative estimate of drug-likeness (QED) is 0.165. The Kier molecular flexibility index (Phi) is 9.31. The molecule has 0 radical (unpaired) electrons. The zero-order valence-corrected chi connectivity index (χ0v) is 41.9. The second-order valence-electron chi connectivity index (χ2n) is 22.4. The van der Waals surface area contributed by atoms with Gasteiger partial charge in [-0.1, -0.05) is 129 Å². The molecule has 336 valence electrons. The molecule has 0 spiro atoms. The fourth-order valence-corrected chi connectivity index (χ4v) is 11.9. The largest absolute Gasteiger partial charge is 0.468 e. The van der Waals surface area contributed by atoms with Gasteiger partial charge in [-0.3, -0.25) is 0 Å². The van der Waals surface area contributed by atoms with Gasteiger partial charge in [0.2, 0.25) is 0 Å². The van der Waals surface area contributed by atoms with E-state index in [-0.39, 0.29) is 23.0 Å². The maximum Gasteiger partial charge on any atom is 0.297 e. The molecule has 10 aromatic rings. The van der Waals surface area contributed by atoms with Crippen molar-refractivity contribution in [1.82, 2.24) is 0 Å². The summed E-state index contributed by atoms with van der Waals surface area (Å²) in [5, 5.41) is 3.51. The number of thiophene rings is 1. The summed E-state index contributed by atoms with van der Waals surface area (Å²) >= 11 is 1.86. The van der Waals surface area contributed by atoms with Gasteiger partial charge >= 0.3 is 0 Å². The first-order chi connectivity index (χ1) is 32.4. The van der Waals surface area contributed by atoms with Crippen LogP contribution in [0, 0.1) is 13.8 Å². The van der Waals surface area contributed by atoms with E-state index in [0.29, 0.717) is 0 Å². The molecule has 7 aromatic carbocycles. The molecule has 0 atom stereocenters. The number of anilines is 6. The third-order valence-electron chi connectivity index (χ3n) is 14.5. The molecule has 12 rings (SSSR count). The molecule has 5 heterocycles. The van der Waals surface area contributed by atoms with Crippen molar-refractivity contribution in [3.05, 3.63) is 173 Å². The highest BCUT2D eigenvalue weighted by Gasteiger charge is 2.48. The van der Waals surface area contributed by atoms with E-state index < -0.39 is 0 Å². The molecule has 3 aromatic heterocycles. The Hall–Kier alpha value is -6.76. The number of para-hydroxylation sites is 1. The van der Waals surface area contributed by atoms with Crippen molar-refractivity contribution >= 4 is 101 Å². The van der Waals surface area contributed by atoms with Gasteiger partial charge in [0.25, 0.3) is 6.71 Å². The van der Waals surface area contributed by atoms with Crippen LogP contribution >= 0.6 is 11.3 Å². The minimum absolute atomic E-state index is 0.00223. The minimum atomic E-state index is -0.185. The van der Waals surface area contributed by atoms with Gasteiger partial charge in [0.15, 0.2) is 0 Å². The summed E-state index contributed by atoms with van der Waals surface area (Å²) < 4.78 is 15.1. The Balaban J connectivity index is 1.17. The smallest absolute Gasteiger partial charge is 0.297 e. The molecular formula is C62H57BN2O2S. The predicted octanol–water partition coefficient (Wildman–Crippen LogP) is 16.3. The van der Waals surface area contributed by atoms with Gasteiger partial charge in [-0.05, 0) is 159 Å². The summed E-state index contributed by atoms with van der Waals surface area (Å²) in [5.41, 5.74) is 20.6. The molecule has 0 fully saturated rings. The first kappa shape index (κ1) is 42.6. The number of benzene rings is 7. The number of hydrogen-bond donors (Lipinski definition) is 0. The van der Waals surface area contributed by atoms with E-state index in [1.807, 2.05) is 23.5 Å². The van der Waals surface area contributed by atoms with Gasteiger partial charge in [-0.2, -0.15) is 0 Å². The highest BCUT2D eigenvalue weighted by molar-refractivity contribution is 7.22. The molecule has 68 heavy (non-hydrogen) atoms. The molecule has 2 aliphatic rings.